The number of aromatic amines is 1. The SMILES string of the molecule is [B]c1cc(-c2ncccc2Cl)cc2c(NC(N)=S)n[nH]c12. The second-order valence-electron chi connectivity index (χ2n) is 4.38. The number of nitrogens with one attached hydrogen (secondary N) is 2. The molecule has 0 aliphatic carbocycles. The minimum atomic E-state index is 0.128. The van der Waals surface area contributed by atoms with Crippen LogP contribution >= 0.6 is 23.8 Å². The van der Waals surface area contributed by atoms with Crippen LogP contribution < -0.4 is 16.5 Å². The maximum atomic E-state index is 6.18. The first-order valence-corrected chi connectivity index (χ1v) is 6.80. The average Bonchev–Trinajstić information content (AvgIpc) is 2.82. The highest BCUT2D eigenvalue weighted by Gasteiger charge is 2.12. The van der Waals surface area contributed by atoms with E-state index in [-0.39, 0.29) is 5.11 Å². The smallest absolute Gasteiger partial charge is 0.169 e. The molecule has 0 unspecified atom stereocenters. The predicted octanol–water partition coefficient (Wildman–Crippen LogP) is 1.73. The van der Waals surface area contributed by atoms with Gasteiger partial charge in [0.25, 0.3) is 0 Å². The molecule has 0 bridgehead atoms. The quantitative estimate of drug-likeness (QED) is 0.496. The molecule has 21 heavy (non-hydrogen) atoms. The lowest BCUT2D eigenvalue weighted by molar-refractivity contribution is 1.13. The minimum absolute atomic E-state index is 0.128. The van der Waals surface area contributed by atoms with Crippen molar-refractivity contribution in [2.75, 3.05) is 5.32 Å². The van der Waals surface area contributed by atoms with Gasteiger partial charge in [0, 0.05) is 17.1 Å². The number of hydrogen-bond acceptors (Lipinski definition) is 3. The number of halogens is 1. The fraction of sp³-hybridized carbons (Fsp3) is 0. The van der Waals surface area contributed by atoms with Gasteiger partial charge >= 0.3 is 0 Å². The van der Waals surface area contributed by atoms with Crippen LogP contribution in [0.25, 0.3) is 22.2 Å². The summed E-state index contributed by atoms with van der Waals surface area (Å²) < 4.78 is 0. The van der Waals surface area contributed by atoms with Gasteiger partial charge in [-0.15, -0.1) is 0 Å². The third kappa shape index (κ3) is 2.57. The number of hydrogen-bond donors (Lipinski definition) is 3. The number of benzene rings is 1. The summed E-state index contributed by atoms with van der Waals surface area (Å²) >= 11 is 11.0. The summed E-state index contributed by atoms with van der Waals surface area (Å²) in [5, 5.41) is 11.2. The number of H-pyrrole nitrogens is 1. The molecule has 3 rings (SSSR count). The Bertz CT molecular complexity index is 848. The van der Waals surface area contributed by atoms with Crippen molar-refractivity contribution in [1.82, 2.24) is 15.2 Å². The summed E-state index contributed by atoms with van der Waals surface area (Å²) in [5.74, 6) is 0.512. The van der Waals surface area contributed by atoms with E-state index in [9.17, 15) is 0 Å². The molecule has 4 N–H and O–H groups in total. The first-order valence-electron chi connectivity index (χ1n) is 6.01. The van der Waals surface area contributed by atoms with Gasteiger partial charge in [-0.3, -0.25) is 10.1 Å². The van der Waals surface area contributed by atoms with Gasteiger partial charge < -0.3 is 11.1 Å². The molecule has 0 spiro atoms. The molecule has 5 nitrogen and oxygen atoms in total. The molecule has 8 heteroatoms. The summed E-state index contributed by atoms with van der Waals surface area (Å²) in [6, 6.07) is 7.21. The first kappa shape index (κ1) is 13.8. The first-order chi connectivity index (χ1) is 10.1. The van der Waals surface area contributed by atoms with Gasteiger partial charge in [-0.1, -0.05) is 23.1 Å². The standard InChI is InChI=1S/C13H9BClN5S/c14-8-5-6(10-9(15)2-1-3-17-10)4-7-11(8)19-20-12(7)18-13(16)21/h1-5H,(H4,16,18,19,20,21). The molecule has 0 amide bonds. The summed E-state index contributed by atoms with van der Waals surface area (Å²) in [6.07, 6.45) is 1.67. The number of rotatable bonds is 2. The molecule has 0 fully saturated rings. The van der Waals surface area contributed by atoms with E-state index in [0.29, 0.717) is 27.5 Å². The Morgan fingerprint density at radius 1 is 1.43 bits per heavy atom. The van der Waals surface area contributed by atoms with Crippen LogP contribution in [-0.4, -0.2) is 28.1 Å². The minimum Gasteiger partial charge on any atom is -0.376 e. The summed E-state index contributed by atoms with van der Waals surface area (Å²) in [4.78, 5) is 4.28. The van der Waals surface area contributed by atoms with Crippen molar-refractivity contribution in [1.29, 1.82) is 0 Å². The third-order valence-electron chi connectivity index (χ3n) is 2.98. The molecule has 0 aliphatic heterocycles. The van der Waals surface area contributed by atoms with Crippen molar-refractivity contribution in [3.05, 3.63) is 35.5 Å². The maximum absolute atomic E-state index is 6.18. The van der Waals surface area contributed by atoms with E-state index in [1.807, 2.05) is 6.07 Å². The number of pyridine rings is 1. The van der Waals surface area contributed by atoms with E-state index in [1.54, 1.807) is 24.4 Å². The van der Waals surface area contributed by atoms with Crippen molar-refractivity contribution >= 4 is 59.0 Å². The maximum Gasteiger partial charge on any atom is 0.169 e. The zero-order valence-corrected chi connectivity index (χ0v) is 12.3. The summed E-state index contributed by atoms with van der Waals surface area (Å²) in [5.41, 5.74) is 8.16. The lowest BCUT2D eigenvalue weighted by Crippen LogP contribution is -2.19. The van der Waals surface area contributed by atoms with E-state index < -0.39 is 0 Å². The number of fused-ring (bicyclic) bond motifs is 1. The van der Waals surface area contributed by atoms with Crippen molar-refractivity contribution in [2.45, 2.75) is 0 Å². The van der Waals surface area contributed by atoms with Crippen LogP contribution in [0.2, 0.25) is 5.02 Å². The lowest BCUT2D eigenvalue weighted by atomic mass is 9.90. The molecular formula is C13H9BClN5S. The Hall–Kier alpha value is -2.12. The van der Waals surface area contributed by atoms with Crippen molar-refractivity contribution in [3.8, 4) is 11.3 Å². The lowest BCUT2D eigenvalue weighted by Gasteiger charge is -2.07. The number of aromatic nitrogens is 3. The highest BCUT2D eigenvalue weighted by atomic mass is 35.5. The fourth-order valence-electron chi connectivity index (χ4n) is 2.09. The molecular weight excluding hydrogens is 305 g/mol. The van der Waals surface area contributed by atoms with Gasteiger partial charge in [0.15, 0.2) is 10.9 Å². The van der Waals surface area contributed by atoms with Crippen molar-refractivity contribution < 1.29 is 0 Å². The monoisotopic (exact) mass is 313 g/mol. The van der Waals surface area contributed by atoms with Gasteiger partial charge in [-0.2, -0.15) is 5.10 Å². The molecule has 1 aromatic carbocycles. The van der Waals surface area contributed by atoms with E-state index in [1.165, 1.54) is 0 Å². The Labute approximate surface area is 132 Å². The van der Waals surface area contributed by atoms with E-state index in [4.69, 9.17) is 37.4 Å². The van der Waals surface area contributed by atoms with Crippen LogP contribution in [-0.2, 0) is 0 Å². The zero-order chi connectivity index (χ0) is 15.0. The van der Waals surface area contributed by atoms with Crippen LogP contribution in [0.4, 0.5) is 5.82 Å². The highest BCUT2D eigenvalue weighted by Crippen LogP contribution is 2.29. The molecule has 2 aromatic heterocycles. The van der Waals surface area contributed by atoms with Gasteiger partial charge in [0.2, 0.25) is 0 Å². The molecule has 0 aliphatic rings. The fourth-order valence-corrected chi connectivity index (χ4v) is 2.42. The molecule has 0 atom stereocenters. The Kier molecular flexibility index (Phi) is 3.53. The second kappa shape index (κ2) is 5.35. The molecule has 2 heterocycles. The van der Waals surface area contributed by atoms with Crippen LogP contribution in [0.5, 0.6) is 0 Å². The van der Waals surface area contributed by atoms with Gasteiger partial charge in [-0.05, 0) is 30.4 Å². The van der Waals surface area contributed by atoms with Gasteiger partial charge in [0.05, 0.1) is 16.2 Å². The highest BCUT2D eigenvalue weighted by molar-refractivity contribution is 7.80. The van der Waals surface area contributed by atoms with Crippen LogP contribution in [0, 0.1) is 0 Å². The number of anilines is 1. The zero-order valence-electron chi connectivity index (χ0n) is 10.7. The Morgan fingerprint density at radius 3 is 2.95 bits per heavy atom. The van der Waals surface area contributed by atoms with Crippen LogP contribution in [0.1, 0.15) is 0 Å². The van der Waals surface area contributed by atoms with Gasteiger partial charge in [0.1, 0.15) is 7.85 Å². The largest absolute Gasteiger partial charge is 0.376 e. The van der Waals surface area contributed by atoms with Crippen molar-refractivity contribution in [3.63, 3.8) is 0 Å². The second-order valence-corrected chi connectivity index (χ2v) is 5.23. The number of nitrogens with zero attached hydrogens (tertiary/aromatic N) is 2. The molecule has 3 aromatic rings. The molecule has 102 valence electrons. The molecule has 0 saturated carbocycles. The molecule has 0 saturated heterocycles. The number of nitrogens with two attached hydrogens (primary N) is 1. The van der Waals surface area contributed by atoms with E-state index in [0.717, 1.165) is 10.9 Å². The molecule has 2 radical (unpaired) electrons. The van der Waals surface area contributed by atoms with E-state index >= 15 is 0 Å². The van der Waals surface area contributed by atoms with Crippen LogP contribution in [0.3, 0.4) is 0 Å². The van der Waals surface area contributed by atoms with E-state index in [2.05, 4.69) is 20.5 Å². The summed E-state index contributed by atoms with van der Waals surface area (Å²) in [6.45, 7) is 0. The Balaban J connectivity index is 2.22. The van der Waals surface area contributed by atoms with Crippen molar-refractivity contribution in [2.24, 2.45) is 5.73 Å². The van der Waals surface area contributed by atoms with Gasteiger partial charge in [-0.25, -0.2) is 0 Å². The topological polar surface area (TPSA) is 79.6 Å². The third-order valence-corrected chi connectivity index (χ3v) is 3.38. The normalized spacial score (nSPS) is 10.7. The average molecular weight is 314 g/mol. The van der Waals surface area contributed by atoms with Crippen LogP contribution in [0.15, 0.2) is 30.5 Å². The number of thiocarbonyl (C=S) groups is 1. The summed E-state index contributed by atoms with van der Waals surface area (Å²) in [7, 11) is 6.05. The predicted molar refractivity (Wildman–Crippen MR) is 90.1 cm³/mol. The Morgan fingerprint density at radius 2 is 2.24 bits per heavy atom.